The van der Waals surface area contributed by atoms with Gasteiger partial charge in [-0.2, -0.15) is 0 Å². The third-order valence-electron chi connectivity index (χ3n) is 3.86. The second kappa shape index (κ2) is 5.99. The number of hydrogen-bond donors (Lipinski definition) is 2. The maximum atomic E-state index is 8.87. The van der Waals surface area contributed by atoms with Crippen LogP contribution >= 0.6 is 0 Å². The molecule has 16 heavy (non-hydrogen) atoms. The van der Waals surface area contributed by atoms with Gasteiger partial charge in [-0.1, -0.05) is 20.8 Å². The van der Waals surface area contributed by atoms with E-state index in [0.717, 1.165) is 18.9 Å². The van der Waals surface area contributed by atoms with E-state index in [1.54, 1.807) is 0 Å². The third-order valence-corrected chi connectivity index (χ3v) is 3.86. The molecule has 0 bridgehead atoms. The van der Waals surface area contributed by atoms with E-state index in [9.17, 15) is 0 Å². The summed E-state index contributed by atoms with van der Waals surface area (Å²) in [5, 5.41) is 8.87. The summed E-state index contributed by atoms with van der Waals surface area (Å²) in [6, 6.07) is -0.0414. The highest BCUT2D eigenvalue weighted by Gasteiger charge is 2.28. The minimum absolute atomic E-state index is 0.0414. The van der Waals surface area contributed by atoms with Crippen LogP contribution in [0.4, 0.5) is 0 Å². The monoisotopic (exact) mass is 228 g/mol. The summed E-state index contributed by atoms with van der Waals surface area (Å²) in [6.45, 7) is 10.6. The van der Waals surface area contributed by atoms with Crippen molar-refractivity contribution in [3.63, 3.8) is 0 Å². The van der Waals surface area contributed by atoms with E-state index < -0.39 is 0 Å². The van der Waals surface area contributed by atoms with Crippen LogP contribution in [0.5, 0.6) is 0 Å². The number of aliphatic hydroxyl groups is 1. The summed E-state index contributed by atoms with van der Waals surface area (Å²) < 4.78 is 0. The summed E-state index contributed by atoms with van der Waals surface area (Å²) in [6.07, 6.45) is 3.52. The van der Waals surface area contributed by atoms with Crippen LogP contribution in [0.2, 0.25) is 0 Å². The average molecular weight is 228 g/mol. The lowest BCUT2D eigenvalue weighted by atomic mass is 9.75. The van der Waals surface area contributed by atoms with Crippen molar-refractivity contribution in [3.05, 3.63) is 0 Å². The Balaban J connectivity index is 2.22. The standard InChI is InChI=1S/C13H28N2O/c1-13(2,3)11-4-7-15(8-5-11)9-6-12(14)10-16/h11-12,16H,4-10,14H2,1-3H3. The van der Waals surface area contributed by atoms with Crippen LogP contribution in [-0.4, -0.2) is 42.3 Å². The van der Waals surface area contributed by atoms with Gasteiger partial charge < -0.3 is 15.7 Å². The van der Waals surface area contributed by atoms with Gasteiger partial charge in [-0.15, -0.1) is 0 Å². The van der Waals surface area contributed by atoms with Gasteiger partial charge in [0.15, 0.2) is 0 Å². The van der Waals surface area contributed by atoms with E-state index in [1.165, 1.54) is 25.9 Å². The minimum Gasteiger partial charge on any atom is -0.395 e. The lowest BCUT2D eigenvalue weighted by Gasteiger charge is -2.39. The van der Waals surface area contributed by atoms with Gasteiger partial charge in [-0.3, -0.25) is 0 Å². The topological polar surface area (TPSA) is 49.5 Å². The SMILES string of the molecule is CC(C)(C)C1CCN(CCC(N)CO)CC1. The Kier molecular flexibility index (Phi) is 5.22. The van der Waals surface area contributed by atoms with E-state index in [-0.39, 0.29) is 12.6 Å². The van der Waals surface area contributed by atoms with Crippen molar-refractivity contribution in [3.8, 4) is 0 Å². The molecule has 1 heterocycles. The molecule has 1 unspecified atom stereocenters. The van der Waals surface area contributed by atoms with Crippen molar-refractivity contribution >= 4 is 0 Å². The molecule has 0 amide bonds. The number of piperidine rings is 1. The fraction of sp³-hybridized carbons (Fsp3) is 1.00. The van der Waals surface area contributed by atoms with Crippen molar-refractivity contribution in [1.29, 1.82) is 0 Å². The molecule has 3 N–H and O–H groups in total. The van der Waals surface area contributed by atoms with Gasteiger partial charge in [0.1, 0.15) is 0 Å². The highest BCUT2D eigenvalue weighted by molar-refractivity contribution is 4.81. The van der Waals surface area contributed by atoms with E-state index >= 15 is 0 Å². The molecular weight excluding hydrogens is 200 g/mol. The molecule has 0 saturated carbocycles. The Labute approximate surface area is 100 Å². The highest BCUT2D eigenvalue weighted by Crippen LogP contribution is 2.34. The number of nitrogens with two attached hydrogens (primary N) is 1. The van der Waals surface area contributed by atoms with Crippen molar-refractivity contribution in [1.82, 2.24) is 4.90 Å². The van der Waals surface area contributed by atoms with E-state index in [0.29, 0.717) is 5.41 Å². The van der Waals surface area contributed by atoms with Crippen LogP contribution in [0.25, 0.3) is 0 Å². The fourth-order valence-corrected chi connectivity index (χ4v) is 2.46. The largest absolute Gasteiger partial charge is 0.395 e. The van der Waals surface area contributed by atoms with E-state index in [4.69, 9.17) is 10.8 Å². The number of aliphatic hydroxyl groups excluding tert-OH is 1. The Bertz CT molecular complexity index is 193. The van der Waals surface area contributed by atoms with E-state index in [1.807, 2.05) is 0 Å². The molecule has 3 heteroatoms. The lowest BCUT2D eigenvalue weighted by Crippen LogP contribution is -2.40. The van der Waals surface area contributed by atoms with Gasteiger partial charge in [0, 0.05) is 6.04 Å². The van der Waals surface area contributed by atoms with Gasteiger partial charge in [0.2, 0.25) is 0 Å². The Morgan fingerprint density at radius 1 is 1.31 bits per heavy atom. The molecule has 3 nitrogen and oxygen atoms in total. The second-order valence-electron chi connectivity index (χ2n) is 6.21. The van der Waals surface area contributed by atoms with Crippen LogP contribution in [-0.2, 0) is 0 Å². The van der Waals surface area contributed by atoms with Crippen molar-refractivity contribution in [2.75, 3.05) is 26.2 Å². The molecule has 0 aliphatic carbocycles. The minimum atomic E-state index is -0.0414. The highest BCUT2D eigenvalue weighted by atomic mass is 16.3. The molecule has 1 rings (SSSR count). The molecule has 0 spiro atoms. The first-order chi connectivity index (χ1) is 7.43. The van der Waals surface area contributed by atoms with Gasteiger partial charge in [-0.25, -0.2) is 0 Å². The quantitative estimate of drug-likeness (QED) is 0.766. The van der Waals surface area contributed by atoms with Crippen molar-refractivity contribution in [2.24, 2.45) is 17.1 Å². The molecule has 1 aliphatic heterocycles. The molecule has 1 atom stereocenters. The molecule has 0 aromatic heterocycles. The molecular formula is C13H28N2O. The van der Waals surface area contributed by atoms with Gasteiger partial charge in [-0.05, 0) is 50.2 Å². The third kappa shape index (κ3) is 4.40. The second-order valence-corrected chi connectivity index (χ2v) is 6.21. The van der Waals surface area contributed by atoms with Gasteiger partial charge in [0.25, 0.3) is 0 Å². The number of nitrogens with zero attached hydrogens (tertiary/aromatic N) is 1. The fourth-order valence-electron chi connectivity index (χ4n) is 2.46. The summed E-state index contributed by atoms with van der Waals surface area (Å²) >= 11 is 0. The number of hydrogen-bond acceptors (Lipinski definition) is 3. The Morgan fingerprint density at radius 3 is 2.31 bits per heavy atom. The zero-order valence-electron chi connectivity index (χ0n) is 11.1. The maximum Gasteiger partial charge on any atom is 0.0583 e. The number of likely N-dealkylation sites (tertiary alicyclic amines) is 1. The summed E-state index contributed by atoms with van der Waals surface area (Å²) in [5.41, 5.74) is 6.16. The van der Waals surface area contributed by atoms with Gasteiger partial charge in [0.05, 0.1) is 6.61 Å². The molecule has 0 radical (unpaired) electrons. The predicted octanol–water partition coefficient (Wildman–Crippen LogP) is 1.45. The molecule has 1 aliphatic rings. The maximum absolute atomic E-state index is 8.87. The van der Waals surface area contributed by atoms with Gasteiger partial charge >= 0.3 is 0 Å². The summed E-state index contributed by atoms with van der Waals surface area (Å²) in [5.74, 6) is 0.857. The zero-order valence-corrected chi connectivity index (χ0v) is 11.1. The summed E-state index contributed by atoms with van der Waals surface area (Å²) in [4.78, 5) is 2.48. The normalized spacial score (nSPS) is 22.3. The van der Waals surface area contributed by atoms with Crippen LogP contribution in [0, 0.1) is 11.3 Å². The molecule has 0 aromatic rings. The lowest BCUT2D eigenvalue weighted by molar-refractivity contribution is 0.108. The molecule has 1 fully saturated rings. The first-order valence-electron chi connectivity index (χ1n) is 6.52. The first-order valence-corrected chi connectivity index (χ1v) is 6.52. The van der Waals surface area contributed by atoms with E-state index in [2.05, 4.69) is 25.7 Å². The zero-order chi connectivity index (χ0) is 12.2. The molecule has 1 saturated heterocycles. The Morgan fingerprint density at radius 2 is 1.88 bits per heavy atom. The molecule has 0 aromatic carbocycles. The van der Waals surface area contributed by atoms with Crippen molar-refractivity contribution in [2.45, 2.75) is 46.1 Å². The molecule has 96 valence electrons. The first kappa shape index (κ1) is 13.9. The Hall–Kier alpha value is -0.120. The van der Waals surface area contributed by atoms with Crippen molar-refractivity contribution < 1.29 is 5.11 Å². The van der Waals surface area contributed by atoms with Crippen LogP contribution in [0.1, 0.15) is 40.0 Å². The van der Waals surface area contributed by atoms with Crippen LogP contribution in [0.15, 0.2) is 0 Å². The summed E-state index contributed by atoms with van der Waals surface area (Å²) in [7, 11) is 0. The van der Waals surface area contributed by atoms with Crippen LogP contribution < -0.4 is 5.73 Å². The smallest absolute Gasteiger partial charge is 0.0583 e. The number of rotatable bonds is 4. The predicted molar refractivity (Wildman–Crippen MR) is 68.3 cm³/mol. The van der Waals surface area contributed by atoms with Crippen LogP contribution in [0.3, 0.4) is 0 Å². The average Bonchev–Trinajstić information content (AvgIpc) is 2.25.